The predicted octanol–water partition coefficient (Wildman–Crippen LogP) is -0.697. The third-order valence-electron chi connectivity index (χ3n) is 1.09. The van der Waals surface area contributed by atoms with Crippen LogP contribution in [0.15, 0.2) is 0 Å². The summed E-state index contributed by atoms with van der Waals surface area (Å²) in [5.41, 5.74) is 0. The lowest BCUT2D eigenvalue weighted by atomic mass is 10.3. The normalized spacial score (nSPS) is 12.1. The van der Waals surface area contributed by atoms with Crippen LogP contribution in [0.4, 0.5) is 0 Å². The van der Waals surface area contributed by atoms with Crippen LogP contribution >= 0.6 is 0 Å². The molecule has 0 saturated heterocycles. The molecule has 0 radical (unpaired) electrons. The van der Waals surface area contributed by atoms with E-state index in [0.717, 1.165) is 0 Å². The Morgan fingerprint density at radius 3 is 2.75 bits per heavy atom. The zero-order chi connectivity index (χ0) is 9.40. The van der Waals surface area contributed by atoms with E-state index in [0.29, 0.717) is 6.29 Å². The molecule has 0 aromatic rings. The van der Waals surface area contributed by atoms with Crippen LogP contribution in [-0.4, -0.2) is 33.3 Å². The average Bonchev–Trinajstić information content (AvgIpc) is 2.00. The lowest BCUT2D eigenvalue weighted by Gasteiger charge is -2.00. The maximum atomic E-state index is 10.7. The minimum atomic E-state index is -1.87. The fourth-order valence-electron chi connectivity index (χ4n) is 0.556. The second-order valence-electron chi connectivity index (χ2n) is 2.08. The molecule has 0 fully saturated rings. The first-order chi connectivity index (χ1) is 5.66. The Morgan fingerprint density at radius 2 is 2.25 bits per heavy atom. The SMILES string of the molecule is O=CCCC(=O)NCCS(=O)O. The van der Waals surface area contributed by atoms with Gasteiger partial charge in [0.25, 0.3) is 0 Å². The number of carbonyl (C=O) groups excluding carboxylic acids is 2. The van der Waals surface area contributed by atoms with Crippen LogP contribution in [0.5, 0.6) is 0 Å². The van der Waals surface area contributed by atoms with E-state index < -0.39 is 11.1 Å². The largest absolute Gasteiger partial charge is 0.355 e. The van der Waals surface area contributed by atoms with Gasteiger partial charge in [-0.05, 0) is 0 Å². The van der Waals surface area contributed by atoms with Gasteiger partial charge in [-0.1, -0.05) is 0 Å². The van der Waals surface area contributed by atoms with Crippen LogP contribution in [0.1, 0.15) is 12.8 Å². The Kier molecular flexibility index (Phi) is 6.50. The summed E-state index contributed by atoms with van der Waals surface area (Å²) in [5.74, 6) is -0.250. The van der Waals surface area contributed by atoms with Crippen LogP contribution in [0, 0.1) is 0 Å². The van der Waals surface area contributed by atoms with E-state index in [4.69, 9.17) is 4.55 Å². The quantitative estimate of drug-likeness (QED) is 0.431. The minimum Gasteiger partial charge on any atom is -0.355 e. The molecular weight excluding hydrogens is 182 g/mol. The van der Waals surface area contributed by atoms with Crippen molar-refractivity contribution in [1.82, 2.24) is 5.32 Å². The van der Waals surface area contributed by atoms with Gasteiger partial charge in [0.2, 0.25) is 5.91 Å². The fraction of sp³-hybridized carbons (Fsp3) is 0.667. The molecule has 0 saturated carbocycles. The molecule has 0 aliphatic rings. The number of carbonyl (C=O) groups is 2. The van der Waals surface area contributed by atoms with Crippen molar-refractivity contribution in [3.05, 3.63) is 0 Å². The van der Waals surface area contributed by atoms with Crippen molar-refractivity contribution in [2.45, 2.75) is 12.8 Å². The molecule has 0 bridgehead atoms. The number of rotatable bonds is 6. The highest BCUT2D eigenvalue weighted by molar-refractivity contribution is 7.79. The summed E-state index contributed by atoms with van der Waals surface area (Å²) < 4.78 is 18.4. The van der Waals surface area contributed by atoms with Crippen molar-refractivity contribution < 1.29 is 18.4 Å². The zero-order valence-corrected chi connectivity index (χ0v) is 7.30. The lowest BCUT2D eigenvalue weighted by molar-refractivity contribution is -0.122. The van der Waals surface area contributed by atoms with Crippen LogP contribution in [0.3, 0.4) is 0 Å². The molecule has 0 aliphatic heterocycles. The third-order valence-corrected chi connectivity index (χ3v) is 1.64. The molecule has 1 atom stereocenters. The monoisotopic (exact) mass is 193 g/mol. The molecule has 5 nitrogen and oxygen atoms in total. The van der Waals surface area contributed by atoms with Gasteiger partial charge in [-0.25, -0.2) is 4.21 Å². The van der Waals surface area contributed by atoms with E-state index in [2.05, 4.69) is 5.32 Å². The minimum absolute atomic E-state index is 0.0207. The maximum Gasteiger partial charge on any atom is 0.220 e. The molecule has 0 spiro atoms. The molecule has 0 heterocycles. The summed E-state index contributed by atoms with van der Waals surface area (Å²) >= 11 is -1.87. The fourth-order valence-corrected chi connectivity index (χ4v) is 0.833. The van der Waals surface area contributed by atoms with E-state index in [1.54, 1.807) is 0 Å². The second-order valence-corrected chi connectivity index (χ2v) is 3.13. The van der Waals surface area contributed by atoms with Gasteiger partial charge in [0.1, 0.15) is 6.29 Å². The average molecular weight is 193 g/mol. The Labute approximate surface area is 72.8 Å². The summed E-state index contributed by atoms with van der Waals surface area (Å²) in [6.07, 6.45) is 0.986. The molecule has 0 aliphatic carbocycles. The summed E-state index contributed by atoms with van der Waals surface area (Å²) in [6, 6.07) is 0. The third kappa shape index (κ3) is 7.36. The van der Waals surface area contributed by atoms with E-state index in [1.807, 2.05) is 0 Å². The van der Waals surface area contributed by atoms with E-state index in [9.17, 15) is 13.8 Å². The molecule has 1 unspecified atom stereocenters. The van der Waals surface area contributed by atoms with Crippen molar-refractivity contribution in [3.63, 3.8) is 0 Å². The van der Waals surface area contributed by atoms with Crippen molar-refractivity contribution >= 4 is 23.3 Å². The van der Waals surface area contributed by atoms with Gasteiger partial charge in [0.15, 0.2) is 11.1 Å². The molecule has 1 amide bonds. The zero-order valence-electron chi connectivity index (χ0n) is 6.49. The smallest absolute Gasteiger partial charge is 0.220 e. The predicted molar refractivity (Wildman–Crippen MR) is 43.9 cm³/mol. The van der Waals surface area contributed by atoms with Crippen LogP contribution in [0.25, 0.3) is 0 Å². The van der Waals surface area contributed by atoms with Gasteiger partial charge in [-0.3, -0.25) is 4.79 Å². The van der Waals surface area contributed by atoms with Gasteiger partial charge in [-0.2, -0.15) is 0 Å². The first-order valence-electron chi connectivity index (χ1n) is 3.44. The Morgan fingerprint density at radius 1 is 1.58 bits per heavy atom. The standard InChI is InChI=1S/C6H11NO4S/c8-4-1-2-6(9)7-3-5-12(10)11/h4H,1-3,5H2,(H,7,9)(H,10,11). The Hall–Kier alpha value is -0.750. The number of hydrogen-bond donors (Lipinski definition) is 2. The van der Waals surface area contributed by atoms with Crippen molar-refractivity contribution in [2.75, 3.05) is 12.3 Å². The first kappa shape index (κ1) is 11.2. The van der Waals surface area contributed by atoms with E-state index in [1.165, 1.54) is 0 Å². The van der Waals surface area contributed by atoms with Gasteiger partial charge in [-0.15, -0.1) is 0 Å². The van der Waals surface area contributed by atoms with Gasteiger partial charge < -0.3 is 14.7 Å². The maximum absolute atomic E-state index is 10.7. The van der Waals surface area contributed by atoms with Crippen LogP contribution in [-0.2, 0) is 20.7 Å². The number of hydrogen-bond acceptors (Lipinski definition) is 3. The molecular formula is C6H11NO4S. The highest BCUT2D eigenvalue weighted by atomic mass is 32.2. The number of aldehydes is 1. The highest BCUT2D eigenvalue weighted by Gasteiger charge is 2.00. The second kappa shape index (κ2) is 6.93. The van der Waals surface area contributed by atoms with Crippen molar-refractivity contribution in [1.29, 1.82) is 0 Å². The van der Waals surface area contributed by atoms with Gasteiger partial charge in [0, 0.05) is 19.4 Å². The molecule has 0 aromatic carbocycles. The topological polar surface area (TPSA) is 83.5 Å². The summed E-state index contributed by atoms with van der Waals surface area (Å²) in [4.78, 5) is 20.6. The van der Waals surface area contributed by atoms with Gasteiger partial charge in [0.05, 0.1) is 5.75 Å². The van der Waals surface area contributed by atoms with Crippen LogP contribution in [0.2, 0.25) is 0 Å². The van der Waals surface area contributed by atoms with Crippen molar-refractivity contribution in [2.24, 2.45) is 0 Å². The summed E-state index contributed by atoms with van der Waals surface area (Å²) in [5, 5.41) is 2.40. The molecule has 0 rings (SSSR count). The van der Waals surface area contributed by atoms with Crippen molar-refractivity contribution in [3.8, 4) is 0 Å². The summed E-state index contributed by atoms with van der Waals surface area (Å²) in [7, 11) is 0. The van der Waals surface area contributed by atoms with E-state index in [-0.39, 0.29) is 31.0 Å². The molecule has 12 heavy (non-hydrogen) atoms. The molecule has 2 N–H and O–H groups in total. The molecule has 70 valence electrons. The van der Waals surface area contributed by atoms with Gasteiger partial charge >= 0.3 is 0 Å². The Bertz CT molecular complexity index is 182. The molecule has 0 aromatic heterocycles. The number of amides is 1. The molecule has 6 heteroatoms. The Balaban J connectivity index is 3.31. The van der Waals surface area contributed by atoms with E-state index >= 15 is 0 Å². The summed E-state index contributed by atoms with van der Waals surface area (Å²) in [6.45, 7) is 0.167. The first-order valence-corrected chi connectivity index (χ1v) is 4.72. The lowest BCUT2D eigenvalue weighted by Crippen LogP contribution is -2.27. The highest BCUT2D eigenvalue weighted by Crippen LogP contribution is 1.83. The van der Waals surface area contributed by atoms with Crippen LogP contribution < -0.4 is 5.32 Å². The number of nitrogens with one attached hydrogen (secondary N) is 1.